The van der Waals surface area contributed by atoms with Crippen molar-refractivity contribution in [2.24, 2.45) is 0 Å². The molecule has 0 aromatic rings. The van der Waals surface area contributed by atoms with Crippen LogP contribution in [0.2, 0.25) is 0 Å². The standard InChI is InChI=1S/C16H36N.CH2O3.K.H2O4S/c1-5-9-13-17(14-10-6-2,15-11-7-3)16-12-8-4;2-1(3)4;;1-5(2,3)4/h5-16H2,1-4H3;(H2,2,3,4);;(H2,1,2,3,4)/q+1;;+1;/p-2. The molecular weight excluding hydrogens is 401 g/mol. The van der Waals surface area contributed by atoms with Gasteiger partial charge in [0.1, 0.15) is 0 Å². The predicted molar refractivity (Wildman–Crippen MR) is 99.7 cm³/mol. The van der Waals surface area contributed by atoms with Crippen LogP contribution in [0.4, 0.5) is 4.79 Å². The van der Waals surface area contributed by atoms with Crippen LogP contribution >= 0.6 is 0 Å². The molecule has 0 unspecified atom stereocenters. The summed E-state index contributed by atoms with van der Waals surface area (Å²) in [6, 6.07) is 0. The van der Waals surface area contributed by atoms with Crippen molar-refractivity contribution in [2.75, 3.05) is 26.2 Å². The number of unbranched alkanes of at least 4 members (excludes halogenated alkanes) is 4. The van der Waals surface area contributed by atoms with E-state index in [1.165, 1.54) is 82.0 Å². The molecule has 160 valence electrons. The second-order valence-electron chi connectivity index (χ2n) is 6.34. The number of nitrogens with zero attached hydrogens (tertiary/aromatic N) is 1. The van der Waals surface area contributed by atoms with Gasteiger partial charge < -0.3 is 24.0 Å². The molecule has 0 radical (unpaired) electrons. The van der Waals surface area contributed by atoms with Crippen LogP contribution < -0.4 is 56.5 Å². The molecule has 0 spiro atoms. The van der Waals surface area contributed by atoms with E-state index in [0.29, 0.717) is 0 Å². The molecule has 8 nitrogen and oxygen atoms in total. The first-order valence-electron chi connectivity index (χ1n) is 9.41. The van der Waals surface area contributed by atoms with E-state index in [-0.39, 0.29) is 51.4 Å². The zero-order chi connectivity index (χ0) is 21.1. The quantitative estimate of drug-likeness (QED) is 0.187. The molecule has 0 amide bonds. The van der Waals surface area contributed by atoms with Gasteiger partial charge in [0, 0.05) is 0 Å². The Labute approximate surface area is 208 Å². The van der Waals surface area contributed by atoms with Crippen molar-refractivity contribution in [3.05, 3.63) is 0 Å². The fraction of sp³-hybridized carbons (Fsp3) is 0.941. The smallest absolute Gasteiger partial charge is 0.726 e. The molecule has 27 heavy (non-hydrogen) atoms. The third-order valence-electron chi connectivity index (χ3n) is 3.94. The Hall–Kier alpha value is 0.736. The number of rotatable bonds is 12. The van der Waals surface area contributed by atoms with Gasteiger partial charge in [0.2, 0.25) is 16.6 Å². The Morgan fingerprint density at radius 1 is 0.815 bits per heavy atom. The summed E-state index contributed by atoms with van der Waals surface area (Å²) in [5.41, 5.74) is 0. The van der Waals surface area contributed by atoms with Crippen molar-refractivity contribution in [1.29, 1.82) is 0 Å². The van der Waals surface area contributed by atoms with Gasteiger partial charge >= 0.3 is 51.4 Å². The van der Waals surface area contributed by atoms with E-state index < -0.39 is 16.6 Å². The van der Waals surface area contributed by atoms with Crippen LogP contribution in [0, 0.1) is 0 Å². The minimum atomic E-state index is -4.92. The van der Waals surface area contributed by atoms with Crippen molar-refractivity contribution >= 4 is 16.6 Å². The zero-order valence-electron chi connectivity index (χ0n) is 17.8. The Bertz CT molecular complexity index is 370. The molecule has 0 saturated carbocycles. The second-order valence-corrected chi connectivity index (χ2v) is 7.20. The van der Waals surface area contributed by atoms with Crippen LogP contribution in [0.3, 0.4) is 0 Å². The van der Waals surface area contributed by atoms with Crippen LogP contribution in [-0.2, 0) is 10.4 Å². The van der Waals surface area contributed by atoms with E-state index in [1.54, 1.807) is 0 Å². The number of carboxylic acid groups (broad SMARTS) is 2. The summed E-state index contributed by atoms with van der Waals surface area (Å²) in [5.74, 6) is 0. The minimum Gasteiger partial charge on any atom is -0.726 e. The number of carbonyl (C=O) groups is 1. The van der Waals surface area contributed by atoms with Crippen molar-refractivity contribution in [3.8, 4) is 0 Å². The van der Waals surface area contributed by atoms with Crippen molar-refractivity contribution < 1.29 is 88.4 Å². The number of quaternary nitrogens is 1. The summed E-state index contributed by atoms with van der Waals surface area (Å²) < 4.78 is 34.3. The molecule has 0 aliphatic heterocycles. The Kier molecular flexibility index (Phi) is 30.0. The van der Waals surface area contributed by atoms with Gasteiger partial charge in [-0.25, -0.2) is 8.42 Å². The normalized spacial score (nSPS) is 10.6. The van der Waals surface area contributed by atoms with Gasteiger partial charge in [-0.2, -0.15) is 0 Å². The first-order chi connectivity index (χ1) is 12.0. The van der Waals surface area contributed by atoms with E-state index in [4.69, 9.17) is 32.5 Å². The number of hydrogen-bond acceptors (Lipinski definition) is 5. The van der Waals surface area contributed by atoms with Crippen LogP contribution in [0.1, 0.15) is 79.1 Å². The molecular formula is C17H38KNO7S. The number of hydrogen-bond donors (Lipinski definition) is 2. The molecule has 10 heteroatoms. The topological polar surface area (TPSA) is 138 Å². The van der Waals surface area contributed by atoms with Gasteiger partial charge in [0.25, 0.3) is 0 Å². The fourth-order valence-electron chi connectivity index (χ4n) is 2.64. The van der Waals surface area contributed by atoms with Crippen LogP contribution in [0.5, 0.6) is 0 Å². The second kappa shape index (κ2) is 23.0. The largest absolute Gasteiger partial charge is 1.00 e. The molecule has 0 aromatic carbocycles. The minimum absolute atomic E-state index is 0. The third kappa shape index (κ3) is 38.0. The Morgan fingerprint density at radius 3 is 1.07 bits per heavy atom. The summed E-state index contributed by atoms with van der Waals surface area (Å²) in [7, 11) is -4.92. The average Bonchev–Trinajstić information content (AvgIpc) is 2.51. The molecule has 0 bridgehead atoms. The third-order valence-corrected chi connectivity index (χ3v) is 3.94. The molecule has 0 aliphatic carbocycles. The van der Waals surface area contributed by atoms with Gasteiger partial charge in [-0.1, -0.05) is 53.4 Å². The van der Waals surface area contributed by atoms with Gasteiger partial charge in [-0.05, 0) is 25.7 Å². The summed E-state index contributed by atoms with van der Waals surface area (Å²) >= 11 is 0. The van der Waals surface area contributed by atoms with Crippen molar-refractivity contribution in [2.45, 2.75) is 79.1 Å². The average molecular weight is 440 g/mol. The van der Waals surface area contributed by atoms with E-state index in [1.807, 2.05) is 0 Å². The summed E-state index contributed by atoms with van der Waals surface area (Å²) in [6.07, 6.45) is 8.98. The monoisotopic (exact) mass is 439 g/mol. The van der Waals surface area contributed by atoms with Crippen molar-refractivity contribution in [3.63, 3.8) is 0 Å². The molecule has 0 atom stereocenters. The summed E-state index contributed by atoms with van der Waals surface area (Å²) in [5, 5.41) is 15.3. The van der Waals surface area contributed by atoms with E-state index in [9.17, 15) is 0 Å². The molecule has 0 aromatic heterocycles. The zero-order valence-corrected chi connectivity index (χ0v) is 21.7. The molecule has 0 aliphatic rings. The molecule has 0 saturated heterocycles. The SMILES string of the molecule is CCCC[N+](CCCC)(CCCC)CCCC.O=C([O-])O.O=S(=O)([O-])O.[K+]. The maximum absolute atomic E-state index is 8.63. The Balaban J connectivity index is -0.000000220. The van der Waals surface area contributed by atoms with E-state index in [2.05, 4.69) is 27.7 Å². The van der Waals surface area contributed by atoms with Gasteiger partial charge in [-0.3, -0.25) is 4.55 Å². The maximum atomic E-state index is 8.63. The van der Waals surface area contributed by atoms with E-state index in [0.717, 1.165) is 0 Å². The van der Waals surface area contributed by atoms with Gasteiger partial charge in [0.15, 0.2) is 0 Å². The van der Waals surface area contributed by atoms with Gasteiger partial charge in [-0.15, -0.1) is 0 Å². The van der Waals surface area contributed by atoms with Crippen LogP contribution in [0.15, 0.2) is 0 Å². The fourth-order valence-corrected chi connectivity index (χ4v) is 2.64. The summed E-state index contributed by atoms with van der Waals surface area (Å²) in [6.45, 7) is 15.0. The molecule has 0 rings (SSSR count). The van der Waals surface area contributed by atoms with Gasteiger partial charge in [0.05, 0.1) is 26.2 Å². The molecule has 0 fully saturated rings. The Morgan fingerprint density at radius 2 is 0.963 bits per heavy atom. The maximum Gasteiger partial charge on any atom is 1.00 e. The molecule has 0 heterocycles. The van der Waals surface area contributed by atoms with E-state index >= 15 is 0 Å². The summed E-state index contributed by atoms with van der Waals surface area (Å²) in [4.78, 5) is 8.44. The first-order valence-corrected chi connectivity index (χ1v) is 10.8. The predicted octanol–water partition coefficient (Wildman–Crippen LogP) is -0.100. The van der Waals surface area contributed by atoms with Crippen LogP contribution in [-0.4, -0.2) is 59.4 Å². The molecule has 2 N–H and O–H groups in total. The first kappa shape index (κ1) is 35.2. The van der Waals surface area contributed by atoms with Crippen LogP contribution in [0.25, 0.3) is 0 Å². The van der Waals surface area contributed by atoms with Crippen molar-refractivity contribution in [1.82, 2.24) is 0 Å².